The average Bonchev–Trinajstić information content (AvgIpc) is 2.85. The van der Waals surface area contributed by atoms with E-state index in [9.17, 15) is 0 Å². The zero-order valence-electron chi connectivity index (χ0n) is 12.6. The highest BCUT2D eigenvalue weighted by molar-refractivity contribution is 7.12. The molecule has 0 saturated carbocycles. The predicted molar refractivity (Wildman–Crippen MR) is 83.8 cm³/mol. The maximum Gasteiger partial charge on any atom is 0.0565 e. The van der Waals surface area contributed by atoms with Gasteiger partial charge in [-0.1, -0.05) is 6.92 Å². The second-order valence-electron chi connectivity index (χ2n) is 5.73. The molecule has 0 aromatic carbocycles. The van der Waals surface area contributed by atoms with Gasteiger partial charge in [0.15, 0.2) is 0 Å². The van der Waals surface area contributed by atoms with Gasteiger partial charge in [-0.3, -0.25) is 9.80 Å². The molecule has 1 fully saturated rings. The summed E-state index contributed by atoms with van der Waals surface area (Å²) >= 11 is 1.93. The fraction of sp³-hybridized carbons (Fsp3) is 0.733. The lowest BCUT2D eigenvalue weighted by Crippen LogP contribution is -2.56. The molecule has 0 radical (unpaired) electrons. The van der Waals surface area contributed by atoms with Crippen LogP contribution in [0, 0.1) is 0 Å². The first-order chi connectivity index (χ1) is 9.06. The fourth-order valence-corrected chi connectivity index (χ4v) is 4.01. The van der Waals surface area contributed by atoms with Gasteiger partial charge in [0, 0.05) is 41.5 Å². The molecule has 1 aromatic heterocycles. The molecule has 2 heterocycles. The SMILES string of the molecule is CCc1ccc(C(CN)N2CC(C)N(C)C(C)C2)s1. The predicted octanol–water partition coefficient (Wildman–Crippen LogP) is 2.33. The maximum absolute atomic E-state index is 6.06. The quantitative estimate of drug-likeness (QED) is 0.919. The highest BCUT2D eigenvalue weighted by atomic mass is 32.1. The normalized spacial score (nSPS) is 27.6. The van der Waals surface area contributed by atoms with Crippen LogP contribution >= 0.6 is 11.3 Å². The Balaban J connectivity index is 2.13. The number of hydrogen-bond donors (Lipinski definition) is 1. The van der Waals surface area contributed by atoms with Gasteiger partial charge in [-0.25, -0.2) is 0 Å². The molecule has 0 spiro atoms. The van der Waals surface area contributed by atoms with Crippen LogP contribution in [0.4, 0.5) is 0 Å². The van der Waals surface area contributed by atoms with Crippen LogP contribution in [-0.4, -0.2) is 48.6 Å². The van der Waals surface area contributed by atoms with E-state index < -0.39 is 0 Å². The van der Waals surface area contributed by atoms with Gasteiger partial charge in [0.1, 0.15) is 0 Å². The highest BCUT2D eigenvalue weighted by Crippen LogP contribution is 2.30. The number of likely N-dealkylation sites (N-methyl/N-ethyl adjacent to an activating group) is 1. The summed E-state index contributed by atoms with van der Waals surface area (Å²) in [5.74, 6) is 0. The van der Waals surface area contributed by atoms with Gasteiger partial charge >= 0.3 is 0 Å². The largest absolute Gasteiger partial charge is 0.329 e. The zero-order valence-corrected chi connectivity index (χ0v) is 13.4. The Kier molecular flexibility index (Phi) is 5.01. The van der Waals surface area contributed by atoms with Crippen molar-refractivity contribution < 1.29 is 0 Å². The van der Waals surface area contributed by atoms with Crippen molar-refractivity contribution in [2.45, 2.75) is 45.3 Å². The molecule has 1 aliphatic rings. The highest BCUT2D eigenvalue weighted by Gasteiger charge is 2.31. The van der Waals surface area contributed by atoms with Crippen LogP contribution in [0.3, 0.4) is 0 Å². The Morgan fingerprint density at radius 1 is 1.32 bits per heavy atom. The van der Waals surface area contributed by atoms with Crippen LogP contribution in [0.25, 0.3) is 0 Å². The van der Waals surface area contributed by atoms with Gasteiger partial charge in [-0.15, -0.1) is 11.3 Å². The van der Waals surface area contributed by atoms with Crippen LogP contribution in [0.5, 0.6) is 0 Å². The van der Waals surface area contributed by atoms with Gasteiger partial charge in [0.05, 0.1) is 6.04 Å². The smallest absolute Gasteiger partial charge is 0.0565 e. The minimum atomic E-state index is 0.392. The minimum absolute atomic E-state index is 0.392. The lowest BCUT2D eigenvalue weighted by atomic mass is 10.1. The van der Waals surface area contributed by atoms with Crippen molar-refractivity contribution in [3.8, 4) is 0 Å². The molecule has 4 heteroatoms. The summed E-state index contributed by atoms with van der Waals surface area (Å²) in [6.07, 6.45) is 1.12. The summed E-state index contributed by atoms with van der Waals surface area (Å²) in [6.45, 7) is 9.77. The summed E-state index contributed by atoms with van der Waals surface area (Å²) in [5, 5.41) is 0. The van der Waals surface area contributed by atoms with Crippen molar-refractivity contribution in [2.75, 3.05) is 26.7 Å². The Bertz CT molecular complexity index is 392. The van der Waals surface area contributed by atoms with Crippen molar-refractivity contribution in [2.24, 2.45) is 5.73 Å². The molecule has 0 aliphatic carbocycles. The van der Waals surface area contributed by atoms with E-state index in [-0.39, 0.29) is 0 Å². The molecule has 3 unspecified atom stereocenters. The standard InChI is InChI=1S/C15H27N3S/c1-5-13-6-7-15(19-13)14(8-16)18-9-11(2)17(4)12(3)10-18/h6-7,11-12,14H,5,8-10,16H2,1-4H3. The maximum atomic E-state index is 6.06. The van der Waals surface area contributed by atoms with Crippen LogP contribution in [0.15, 0.2) is 12.1 Å². The van der Waals surface area contributed by atoms with E-state index >= 15 is 0 Å². The van der Waals surface area contributed by atoms with Crippen molar-refractivity contribution >= 4 is 11.3 Å². The number of nitrogens with zero attached hydrogens (tertiary/aromatic N) is 2. The molecule has 1 aromatic rings. The van der Waals surface area contributed by atoms with E-state index in [2.05, 4.69) is 49.8 Å². The summed E-state index contributed by atoms with van der Waals surface area (Å²) in [6, 6.07) is 6.12. The van der Waals surface area contributed by atoms with Crippen molar-refractivity contribution in [1.82, 2.24) is 9.80 Å². The molecule has 1 aliphatic heterocycles. The molecule has 2 N–H and O–H groups in total. The van der Waals surface area contributed by atoms with E-state index in [4.69, 9.17) is 5.73 Å². The lowest BCUT2D eigenvalue weighted by Gasteiger charge is -2.45. The van der Waals surface area contributed by atoms with Crippen LogP contribution < -0.4 is 5.73 Å². The molecule has 3 atom stereocenters. The molecule has 1 saturated heterocycles. The Labute approximate surface area is 121 Å². The molecule has 0 amide bonds. The first kappa shape index (κ1) is 15.0. The molecule has 2 rings (SSSR count). The number of aryl methyl sites for hydroxylation is 1. The van der Waals surface area contributed by atoms with Gasteiger partial charge < -0.3 is 5.73 Å². The van der Waals surface area contributed by atoms with E-state index in [1.807, 2.05) is 11.3 Å². The molecular weight excluding hydrogens is 254 g/mol. The minimum Gasteiger partial charge on any atom is -0.329 e. The Morgan fingerprint density at radius 3 is 2.42 bits per heavy atom. The van der Waals surface area contributed by atoms with Crippen molar-refractivity contribution in [1.29, 1.82) is 0 Å². The van der Waals surface area contributed by atoms with E-state index in [0.717, 1.165) is 19.5 Å². The number of thiophene rings is 1. The number of piperazine rings is 1. The summed E-state index contributed by atoms with van der Waals surface area (Å²) in [7, 11) is 2.23. The number of hydrogen-bond acceptors (Lipinski definition) is 4. The number of nitrogens with two attached hydrogens (primary N) is 1. The average molecular weight is 281 g/mol. The monoisotopic (exact) mass is 281 g/mol. The lowest BCUT2D eigenvalue weighted by molar-refractivity contribution is 0.0360. The topological polar surface area (TPSA) is 32.5 Å². The first-order valence-electron chi connectivity index (χ1n) is 7.31. The molecular formula is C15H27N3S. The number of rotatable bonds is 4. The van der Waals surface area contributed by atoms with Gasteiger partial charge in [-0.2, -0.15) is 0 Å². The van der Waals surface area contributed by atoms with E-state index in [1.165, 1.54) is 9.75 Å². The fourth-order valence-electron chi connectivity index (χ4n) is 2.91. The summed E-state index contributed by atoms with van der Waals surface area (Å²) in [4.78, 5) is 7.93. The third-order valence-electron chi connectivity index (χ3n) is 4.41. The van der Waals surface area contributed by atoms with Crippen LogP contribution in [-0.2, 0) is 6.42 Å². The van der Waals surface area contributed by atoms with E-state index in [0.29, 0.717) is 24.7 Å². The van der Waals surface area contributed by atoms with Crippen LogP contribution in [0.1, 0.15) is 36.6 Å². The Morgan fingerprint density at radius 2 is 1.95 bits per heavy atom. The van der Waals surface area contributed by atoms with Crippen molar-refractivity contribution in [3.63, 3.8) is 0 Å². The molecule has 0 bridgehead atoms. The summed E-state index contributed by atoms with van der Waals surface area (Å²) in [5.41, 5.74) is 6.06. The van der Waals surface area contributed by atoms with Crippen LogP contribution in [0.2, 0.25) is 0 Å². The van der Waals surface area contributed by atoms with Gasteiger partial charge in [0.25, 0.3) is 0 Å². The molecule has 3 nitrogen and oxygen atoms in total. The van der Waals surface area contributed by atoms with Gasteiger partial charge in [0.2, 0.25) is 0 Å². The second-order valence-corrected chi connectivity index (χ2v) is 6.93. The molecule has 19 heavy (non-hydrogen) atoms. The third-order valence-corrected chi connectivity index (χ3v) is 5.74. The van der Waals surface area contributed by atoms with E-state index in [1.54, 1.807) is 0 Å². The van der Waals surface area contributed by atoms with Crippen molar-refractivity contribution in [3.05, 3.63) is 21.9 Å². The third kappa shape index (κ3) is 3.19. The zero-order chi connectivity index (χ0) is 14.0. The first-order valence-corrected chi connectivity index (χ1v) is 8.13. The Hall–Kier alpha value is -0.420. The second kappa shape index (κ2) is 6.35. The molecule has 108 valence electrons. The summed E-state index contributed by atoms with van der Waals surface area (Å²) < 4.78 is 0. The van der Waals surface area contributed by atoms with Gasteiger partial charge in [-0.05, 0) is 39.4 Å².